The van der Waals surface area contributed by atoms with Crippen LogP contribution in [0, 0.1) is 5.82 Å². The number of rotatable bonds is 6. The van der Waals surface area contributed by atoms with E-state index in [2.05, 4.69) is 11.9 Å². The van der Waals surface area contributed by atoms with E-state index in [1.54, 1.807) is 18.2 Å². The number of halogens is 1. The van der Waals surface area contributed by atoms with Crippen LogP contribution < -0.4 is 5.32 Å². The maximum atomic E-state index is 12.8. The average molecular weight is 237 g/mol. The van der Waals surface area contributed by atoms with Crippen LogP contribution in [0.15, 0.2) is 36.9 Å². The molecule has 2 N–H and O–H groups in total. The topological polar surface area (TPSA) is 49.3 Å². The second kappa shape index (κ2) is 6.68. The molecule has 92 valence electrons. The van der Waals surface area contributed by atoms with Crippen molar-refractivity contribution in [3.8, 4) is 0 Å². The van der Waals surface area contributed by atoms with Crippen LogP contribution in [-0.4, -0.2) is 17.7 Å². The highest BCUT2D eigenvalue weighted by Crippen LogP contribution is 2.23. The van der Waals surface area contributed by atoms with E-state index >= 15 is 0 Å². The molecular formula is C13H16FNO2. The van der Waals surface area contributed by atoms with E-state index in [0.717, 1.165) is 12.0 Å². The summed E-state index contributed by atoms with van der Waals surface area (Å²) in [4.78, 5) is 10.3. The zero-order chi connectivity index (χ0) is 12.7. The van der Waals surface area contributed by atoms with E-state index in [1.807, 2.05) is 0 Å². The second-order valence-electron chi connectivity index (χ2n) is 3.79. The van der Waals surface area contributed by atoms with Gasteiger partial charge in [-0.25, -0.2) is 9.18 Å². The predicted octanol–water partition coefficient (Wildman–Crippen LogP) is 3.14. The Kier molecular flexibility index (Phi) is 5.20. The zero-order valence-corrected chi connectivity index (χ0v) is 9.53. The van der Waals surface area contributed by atoms with Gasteiger partial charge in [-0.3, -0.25) is 0 Å². The molecule has 0 aliphatic rings. The monoisotopic (exact) mass is 237 g/mol. The lowest BCUT2D eigenvalue weighted by atomic mass is 9.92. The van der Waals surface area contributed by atoms with Gasteiger partial charge in [-0.1, -0.05) is 18.2 Å². The molecule has 0 bridgehead atoms. The summed E-state index contributed by atoms with van der Waals surface area (Å²) in [6, 6.07) is 6.28. The van der Waals surface area contributed by atoms with Crippen molar-refractivity contribution in [3.05, 3.63) is 48.3 Å². The van der Waals surface area contributed by atoms with Gasteiger partial charge < -0.3 is 10.4 Å². The first-order valence-electron chi connectivity index (χ1n) is 5.46. The van der Waals surface area contributed by atoms with E-state index in [0.29, 0.717) is 13.0 Å². The van der Waals surface area contributed by atoms with Crippen molar-refractivity contribution in [2.45, 2.75) is 18.8 Å². The first-order chi connectivity index (χ1) is 8.13. The number of benzene rings is 1. The number of nitrogens with one attached hydrogen (secondary N) is 1. The summed E-state index contributed by atoms with van der Waals surface area (Å²) in [6.45, 7) is 4.06. The highest BCUT2D eigenvalue weighted by atomic mass is 19.1. The molecule has 0 radical (unpaired) electrons. The molecule has 0 aliphatic heterocycles. The van der Waals surface area contributed by atoms with Crippen molar-refractivity contribution in [2.24, 2.45) is 0 Å². The van der Waals surface area contributed by atoms with Gasteiger partial charge >= 0.3 is 6.09 Å². The molecule has 0 aromatic heterocycles. The highest BCUT2D eigenvalue weighted by molar-refractivity contribution is 5.64. The first kappa shape index (κ1) is 13.2. The normalized spacial score (nSPS) is 11.8. The largest absolute Gasteiger partial charge is 0.465 e. The molecule has 1 aromatic carbocycles. The SMILES string of the molecule is C=CC[C@@H](CCNC(=O)O)c1ccc(F)cc1. The Balaban J connectivity index is 2.61. The fourth-order valence-electron chi connectivity index (χ4n) is 1.71. The van der Waals surface area contributed by atoms with Gasteiger partial charge in [0.05, 0.1) is 0 Å². The molecule has 1 amide bonds. The van der Waals surface area contributed by atoms with E-state index in [4.69, 9.17) is 5.11 Å². The van der Waals surface area contributed by atoms with Crippen LogP contribution in [0.5, 0.6) is 0 Å². The Morgan fingerprint density at radius 3 is 2.65 bits per heavy atom. The van der Waals surface area contributed by atoms with E-state index in [1.165, 1.54) is 12.1 Å². The summed E-state index contributed by atoms with van der Waals surface area (Å²) in [6.07, 6.45) is 2.17. The van der Waals surface area contributed by atoms with Crippen LogP contribution in [0.25, 0.3) is 0 Å². The first-order valence-corrected chi connectivity index (χ1v) is 5.46. The van der Waals surface area contributed by atoms with Gasteiger partial charge in [0.2, 0.25) is 0 Å². The van der Waals surface area contributed by atoms with E-state index in [9.17, 15) is 9.18 Å². The molecule has 1 atom stereocenters. The number of hydrogen-bond donors (Lipinski definition) is 2. The lowest BCUT2D eigenvalue weighted by Crippen LogP contribution is -2.23. The van der Waals surface area contributed by atoms with Crippen molar-refractivity contribution in [3.63, 3.8) is 0 Å². The Morgan fingerprint density at radius 2 is 2.12 bits per heavy atom. The van der Waals surface area contributed by atoms with Gasteiger partial charge in [0.15, 0.2) is 0 Å². The van der Waals surface area contributed by atoms with Crippen molar-refractivity contribution < 1.29 is 14.3 Å². The zero-order valence-electron chi connectivity index (χ0n) is 9.53. The summed E-state index contributed by atoms with van der Waals surface area (Å²) in [5.74, 6) is -0.102. The molecule has 0 unspecified atom stereocenters. The molecule has 4 heteroatoms. The van der Waals surface area contributed by atoms with E-state index in [-0.39, 0.29) is 11.7 Å². The number of carbonyl (C=O) groups is 1. The Bertz CT molecular complexity index is 376. The van der Waals surface area contributed by atoms with Gasteiger partial charge in [-0.15, -0.1) is 6.58 Å². The molecule has 1 rings (SSSR count). The Hall–Kier alpha value is -1.84. The van der Waals surface area contributed by atoms with Crippen LogP contribution >= 0.6 is 0 Å². The smallest absolute Gasteiger partial charge is 0.404 e. The van der Waals surface area contributed by atoms with Gasteiger partial charge in [0.25, 0.3) is 0 Å². The Morgan fingerprint density at radius 1 is 1.47 bits per heavy atom. The van der Waals surface area contributed by atoms with Gasteiger partial charge in [0.1, 0.15) is 5.82 Å². The second-order valence-corrected chi connectivity index (χ2v) is 3.79. The predicted molar refractivity (Wildman–Crippen MR) is 64.6 cm³/mol. The average Bonchev–Trinajstić information content (AvgIpc) is 2.29. The quantitative estimate of drug-likeness (QED) is 0.747. The minimum atomic E-state index is -1.03. The van der Waals surface area contributed by atoms with Crippen LogP contribution in [0.3, 0.4) is 0 Å². The van der Waals surface area contributed by atoms with Crippen LogP contribution in [0.1, 0.15) is 24.3 Å². The third-order valence-electron chi connectivity index (χ3n) is 2.56. The third-order valence-corrected chi connectivity index (χ3v) is 2.56. The van der Waals surface area contributed by atoms with Crippen LogP contribution in [0.2, 0.25) is 0 Å². The molecule has 0 fully saturated rings. The highest BCUT2D eigenvalue weighted by Gasteiger charge is 2.10. The van der Waals surface area contributed by atoms with Gasteiger partial charge in [0, 0.05) is 6.54 Å². The summed E-state index contributed by atoms with van der Waals surface area (Å²) in [5, 5.41) is 10.8. The number of hydrogen-bond acceptors (Lipinski definition) is 1. The maximum Gasteiger partial charge on any atom is 0.404 e. The minimum absolute atomic E-state index is 0.167. The van der Waals surface area contributed by atoms with Crippen LogP contribution in [-0.2, 0) is 0 Å². The molecule has 0 saturated heterocycles. The summed E-state index contributed by atoms with van der Waals surface area (Å²) >= 11 is 0. The molecule has 0 aliphatic carbocycles. The molecule has 1 aromatic rings. The van der Waals surface area contributed by atoms with Gasteiger partial charge in [-0.05, 0) is 36.5 Å². The standard InChI is InChI=1S/C13H16FNO2/c1-2-3-10(8-9-15-13(16)17)11-4-6-12(14)7-5-11/h2,4-7,10,15H,1,3,8-9H2,(H,16,17)/t10-/m0/s1. The summed E-state index contributed by atoms with van der Waals surface area (Å²) in [7, 11) is 0. The van der Waals surface area contributed by atoms with Crippen LogP contribution in [0.4, 0.5) is 9.18 Å². The molecule has 0 spiro atoms. The lowest BCUT2D eigenvalue weighted by Gasteiger charge is -2.15. The van der Waals surface area contributed by atoms with Gasteiger partial charge in [-0.2, -0.15) is 0 Å². The van der Waals surface area contributed by atoms with E-state index < -0.39 is 6.09 Å². The van der Waals surface area contributed by atoms with Crippen molar-refractivity contribution >= 4 is 6.09 Å². The molecule has 3 nitrogen and oxygen atoms in total. The number of allylic oxidation sites excluding steroid dienone is 1. The third kappa shape index (κ3) is 4.68. The molecule has 0 saturated carbocycles. The fourth-order valence-corrected chi connectivity index (χ4v) is 1.71. The molecule has 17 heavy (non-hydrogen) atoms. The Labute approximate surface area is 100.0 Å². The van der Waals surface area contributed by atoms with Crippen molar-refractivity contribution in [2.75, 3.05) is 6.54 Å². The maximum absolute atomic E-state index is 12.8. The van der Waals surface area contributed by atoms with Crippen molar-refractivity contribution in [1.29, 1.82) is 0 Å². The van der Waals surface area contributed by atoms with Crippen molar-refractivity contribution in [1.82, 2.24) is 5.32 Å². The summed E-state index contributed by atoms with van der Waals surface area (Å²) < 4.78 is 12.8. The number of carboxylic acid groups (broad SMARTS) is 1. The summed E-state index contributed by atoms with van der Waals surface area (Å²) in [5.41, 5.74) is 0.999. The number of amides is 1. The minimum Gasteiger partial charge on any atom is -0.465 e. The lowest BCUT2D eigenvalue weighted by molar-refractivity contribution is 0.194. The molecule has 0 heterocycles. The molecular weight excluding hydrogens is 221 g/mol. The fraction of sp³-hybridized carbons (Fsp3) is 0.308.